The van der Waals surface area contributed by atoms with Crippen molar-refractivity contribution in [1.29, 1.82) is 0 Å². The zero-order valence-electron chi connectivity index (χ0n) is 15.3. The predicted molar refractivity (Wildman–Crippen MR) is 112 cm³/mol. The zero-order valence-corrected chi connectivity index (χ0v) is 17.7. The molecule has 3 N–H and O–H groups in total. The standard InChI is InChI=1S/C19H19BrN4O3S/c1-12-18(20)13(2)24(23-12)17-8-6-15(7-9-17)19(25)22-16-5-3-4-14(10-16)11-28(21,26)27/h3-10H,11H2,1-2H3,(H,22,25)(H2,21,26,27). The SMILES string of the molecule is Cc1nn(-c2ccc(C(=O)Nc3cccc(CS(N)(=O)=O)c3)cc2)c(C)c1Br. The third-order valence-corrected chi connectivity index (χ3v) is 6.01. The maximum atomic E-state index is 12.5. The third kappa shape index (κ3) is 4.67. The Morgan fingerprint density at radius 2 is 1.86 bits per heavy atom. The first kappa shape index (κ1) is 20.2. The van der Waals surface area contributed by atoms with E-state index >= 15 is 0 Å². The van der Waals surface area contributed by atoms with E-state index in [0.29, 0.717) is 16.8 Å². The van der Waals surface area contributed by atoms with E-state index in [0.717, 1.165) is 21.5 Å². The van der Waals surface area contributed by atoms with Gasteiger partial charge in [0.25, 0.3) is 5.91 Å². The van der Waals surface area contributed by atoms with Crippen molar-refractivity contribution in [1.82, 2.24) is 9.78 Å². The lowest BCUT2D eigenvalue weighted by Gasteiger charge is -2.09. The molecule has 0 atom stereocenters. The van der Waals surface area contributed by atoms with Crippen molar-refractivity contribution in [2.75, 3.05) is 5.32 Å². The molecule has 2 aromatic carbocycles. The third-order valence-electron chi connectivity index (χ3n) is 4.13. The van der Waals surface area contributed by atoms with E-state index in [9.17, 15) is 13.2 Å². The van der Waals surface area contributed by atoms with Crippen LogP contribution < -0.4 is 10.5 Å². The lowest BCUT2D eigenvalue weighted by atomic mass is 10.1. The Labute approximate surface area is 171 Å². The first-order valence-corrected chi connectivity index (χ1v) is 10.9. The van der Waals surface area contributed by atoms with Gasteiger partial charge >= 0.3 is 0 Å². The maximum Gasteiger partial charge on any atom is 0.255 e. The summed E-state index contributed by atoms with van der Waals surface area (Å²) in [5.74, 6) is -0.585. The molecule has 3 aromatic rings. The molecule has 1 amide bonds. The van der Waals surface area contributed by atoms with Crippen molar-refractivity contribution in [2.24, 2.45) is 5.14 Å². The number of anilines is 1. The molecule has 7 nitrogen and oxygen atoms in total. The highest BCUT2D eigenvalue weighted by Crippen LogP contribution is 2.23. The molecule has 28 heavy (non-hydrogen) atoms. The largest absolute Gasteiger partial charge is 0.322 e. The molecule has 0 aliphatic heterocycles. The van der Waals surface area contributed by atoms with Crippen molar-refractivity contribution >= 4 is 37.5 Å². The fourth-order valence-electron chi connectivity index (χ4n) is 2.80. The number of sulfonamides is 1. The summed E-state index contributed by atoms with van der Waals surface area (Å²) in [5, 5.41) is 12.3. The second-order valence-corrected chi connectivity index (χ2v) is 8.81. The van der Waals surface area contributed by atoms with Crippen LogP contribution in [0.4, 0.5) is 5.69 Å². The molecule has 3 rings (SSSR count). The minimum Gasteiger partial charge on any atom is -0.322 e. The Hall–Kier alpha value is -2.49. The highest BCUT2D eigenvalue weighted by atomic mass is 79.9. The molecule has 0 bridgehead atoms. The number of benzene rings is 2. The highest BCUT2D eigenvalue weighted by Gasteiger charge is 2.12. The van der Waals surface area contributed by atoms with Gasteiger partial charge in [0.15, 0.2) is 0 Å². The van der Waals surface area contributed by atoms with Crippen LogP contribution in [0.25, 0.3) is 5.69 Å². The summed E-state index contributed by atoms with van der Waals surface area (Å²) in [6.07, 6.45) is 0. The maximum absolute atomic E-state index is 12.5. The van der Waals surface area contributed by atoms with Crippen LogP contribution in [0.15, 0.2) is 53.0 Å². The molecule has 0 aliphatic rings. The first-order chi connectivity index (χ1) is 13.1. The Morgan fingerprint density at radius 3 is 2.43 bits per heavy atom. The van der Waals surface area contributed by atoms with Gasteiger partial charge < -0.3 is 5.32 Å². The molecule has 0 spiro atoms. The molecular formula is C19H19BrN4O3S. The quantitative estimate of drug-likeness (QED) is 0.606. The van der Waals surface area contributed by atoms with Crippen molar-refractivity contribution in [3.8, 4) is 5.69 Å². The van der Waals surface area contributed by atoms with Gasteiger partial charge in [-0.3, -0.25) is 4.79 Å². The average Bonchev–Trinajstić information content (AvgIpc) is 2.88. The number of carbonyl (C=O) groups is 1. The monoisotopic (exact) mass is 462 g/mol. The summed E-state index contributed by atoms with van der Waals surface area (Å²) in [6.45, 7) is 3.87. The smallest absolute Gasteiger partial charge is 0.255 e. The van der Waals surface area contributed by atoms with Crippen LogP contribution in [0.1, 0.15) is 27.3 Å². The first-order valence-electron chi connectivity index (χ1n) is 8.37. The van der Waals surface area contributed by atoms with Crippen molar-refractivity contribution in [3.05, 3.63) is 75.5 Å². The van der Waals surface area contributed by atoms with Crippen LogP contribution in [0.2, 0.25) is 0 Å². The number of rotatable bonds is 5. The molecule has 9 heteroatoms. The molecule has 0 unspecified atom stereocenters. The van der Waals surface area contributed by atoms with Crippen LogP contribution in [-0.4, -0.2) is 24.1 Å². The predicted octanol–water partition coefficient (Wildman–Crippen LogP) is 3.29. The Bertz CT molecular complexity index is 1140. The Balaban J connectivity index is 1.77. The number of nitrogens with zero attached hydrogens (tertiary/aromatic N) is 2. The van der Waals surface area contributed by atoms with Gasteiger partial charge in [0.05, 0.1) is 27.3 Å². The number of primary sulfonamides is 1. The number of carbonyl (C=O) groups excluding carboxylic acids is 1. The second-order valence-electron chi connectivity index (χ2n) is 6.41. The van der Waals surface area contributed by atoms with Gasteiger partial charge in [-0.05, 0) is 71.7 Å². The van der Waals surface area contributed by atoms with Crippen molar-refractivity contribution in [3.63, 3.8) is 0 Å². The molecule has 1 aromatic heterocycles. The second kappa shape index (κ2) is 7.86. The minimum absolute atomic E-state index is 0.288. The number of nitrogens with two attached hydrogens (primary N) is 1. The summed E-state index contributed by atoms with van der Waals surface area (Å²) in [4.78, 5) is 12.5. The average molecular weight is 463 g/mol. The summed E-state index contributed by atoms with van der Waals surface area (Å²) >= 11 is 3.50. The number of hydrogen-bond acceptors (Lipinski definition) is 4. The number of nitrogens with one attached hydrogen (secondary N) is 1. The summed E-state index contributed by atoms with van der Waals surface area (Å²) in [5.41, 5.74) is 4.18. The lowest BCUT2D eigenvalue weighted by Crippen LogP contribution is -2.15. The van der Waals surface area contributed by atoms with Gasteiger partial charge in [-0.2, -0.15) is 5.10 Å². The molecule has 146 valence electrons. The van der Waals surface area contributed by atoms with Gasteiger partial charge in [0.1, 0.15) is 0 Å². The summed E-state index contributed by atoms with van der Waals surface area (Å²) in [7, 11) is -3.63. The van der Waals surface area contributed by atoms with Gasteiger partial charge in [-0.25, -0.2) is 18.2 Å². The number of aromatic nitrogens is 2. The zero-order chi connectivity index (χ0) is 20.5. The molecular weight excluding hydrogens is 444 g/mol. The minimum atomic E-state index is -3.63. The molecule has 1 heterocycles. The lowest BCUT2D eigenvalue weighted by molar-refractivity contribution is 0.102. The van der Waals surface area contributed by atoms with E-state index < -0.39 is 10.0 Å². The fraction of sp³-hybridized carbons (Fsp3) is 0.158. The number of aryl methyl sites for hydroxylation is 1. The van der Waals surface area contributed by atoms with Gasteiger partial charge in [0.2, 0.25) is 10.0 Å². The molecule has 0 saturated heterocycles. The van der Waals surface area contributed by atoms with E-state index in [4.69, 9.17) is 5.14 Å². The highest BCUT2D eigenvalue weighted by molar-refractivity contribution is 9.10. The fourth-order valence-corrected chi connectivity index (χ4v) is 3.69. The number of amides is 1. The normalized spacial score (nSPS) is 11.4. The van der Waals surface area contributed by atoms with Gasteiger partial charge in [-0.15, -0.1) is 0 Å². The number of hydrogen-bond donors (Lipinski definition) is 2. The van der Waals surface area contributed by atoms with Crippen LogP contribution in [0.5, 0.6) is 0 Å². The molecule has 0 saturated carbocycles. The molecule has 0 radical (unpaired) electrons. The Kier molecular flexibility index (Phi) is 5.69. The van der Waals surface area contributed by atoms with Crippen LogP contribution in [0, 0.1) is 13.8 Å². The topological polar surface area (TPSA) is 107 Å². The van der Waals surface area contributed by atoms with E-state index in [1.54, 1.807) is 41.1 Å². The van der Waals surface area contributed by atoms with E-state index in [1.807, 2.05) is 26.0 Å². The van der Waals surface area contributed by atoms with E-state index in [2.05, 4.69) is 26.3 Å². The summed E-state index contributed by atoms with van der Waals surface area (Å²) in [6, 6.07) is 13.6. The molecule has 0 aliphatic carbocycles. The Morgan fingerprint density at radius 1 is 1.18 bits per heavy atom. The number of halogens is 1. The molecule has 0 fully saturated rings. The summed E-state index contributed by atoms with van der Waals surface area (Å²) < 4.78 is 25.2. The van der Waals surface area contributed by atoms with Crippen molar-refractivity contribution in [2.45, 2.75) is 19.6 Å². The van der Waals surface area contributed by atoms with Crippen LogP contribution in [-0.2, 0) is 15.8 Å². The van der Waals surface area contributed by atoms with E-state index in [-0.39, 0.29) is 11.7 Å². The van der Waals surface area contributed by atoms with Crippen LogP contribution >= 0.6 is 15.9 Å². The van der Waals surface area contributed by atoms with Gasteiger partial charge in [0, 0.05) is 11.3 Å². The van der Waals surface area contributed by atoms with E-state index in [1.165, 1.54) is 0 Å². The van der Waals surface area contributed by atoms with Crippen LogP contribution in [0.3, 0.4) is 0 Å². The van der Waals surface area contributed by atoms with Gasteiger partial charge in [-0.1, -0.05) is 12.1 Å². The van der Waals surface area contributed by atoms with Crippen molar-refractivity contribution < 1.29 is 13.2 Å².